The van der Waals surface area contributed by atoms with Gasteiger partial charge < -0.3 is 10.8 Å². The van der Waals surface area contributed by atoms with Crippen LogP contribution in [0.5, 0.6) is 5.88 Å². The van der Waals surface area contributed by atoms with Gasteiger partial charge in [0.2, 0.25) is 5.88 Å². The van der Waals surface area contributed by atoms with Crippen LogP contribution >= 0.6 is 12.2 Å². The Bertz CT molecular complexity index is 701. The minimum Gasteiger partial charge on any atom is -0.493 e. The molecular formula is C13H9N3OS. The number of hydrogen-bond donors (Lipinski definition) is 2. The van der Waals surface area contributed by atoms with Gasteiger partial charge >= 0.3 is 0 Å². The second kappa shape index (κ2) is 4.82. The van der Waals surface area contributed by atoms with Gasteiger partial charge in [-0.2, -0.15) is 5.26 Å². The van der Waals surface area contributed by atoms with Crippen molar-refractivity contribution in [3.8, 4) is 11.9 Å². The van der Waals surface area contributed by atoms with E-state index in [1.165, 1.54) is 6.08 Å². The van der Waals surface area contributed by atoms with Gasteiger partial charge in [0.1, 0.15) is 11.1 Å². The molecule has 0 bridgehead atoms. The summed E-state index contributed by atoms with van der Waals surface area (Å²) < 4.78 is 0. The van der Waals surface area contributed by atoms with Gasteiger partial charge in [-0.15, -0.1) is 0 Å². The van der Waals surface area contributed by atoms with E-state index in [1.807, 2.05) is 24.3 Å². The number of nitrogens with two attached hydrogens (primary N) is 1. The van der Waals surface area contributed by atoms with Crippen molar-refractivity contribution in [3.05, 3.63) is 41.5 Å². The van der Waals surface area contributed by atoms with Crippen LogP contribution < -0.4 is 5.73 Å². The highest BCUT2D eigenvalue weighted by Crippen LogP contribution is 2.23. The number of nitrogens with zero attached hydrogens (tertiary/aromatic N) is 2. The molecule has 1 aromatic heterocycles. The normalized spacial score (nSPS) is 11.2. The highest BCUT2D eigenvalue weighted by atomic mass is 32.1. The zero-order chi connectivity index (χ0) is 13.1. The fourth-order valence-electron chi connectivity index (χ4n) is 1.54. The Balaban J connectivity index is 2.62. The summed E-state index contributed by atoms with van der Waals surface area (Å²) in [6.07, 6.45) is 1.43. The smallest absolute Gasteiger partial charge is 0.218 e. The van der Waals surface area contributed by atoms with Gasteiger partial charge in [0.25, 0.3) is 0 Å². The summed E-state index contributed by atoms with van der Waals surface area (Å²) in [6, 6.07) is 11.0. The highest BCUT2D eigenvalue weighted by molar-refractivity contribution is 7.80. The molecule has 0 atom stereocenters. The van der Waals surface area contributed by atoms with Crippen molar-refractivity contribution in [2.24, 2.45) is 5.73 Å². The lowest BCUT2D eigenvalue weighted by Crippen LogP contribution is -2.09. The third kappa shape index (κ3) is 2.29. The van der Waals surface area contributed by atoms with Gasteiger partial charge in [0, 0.05) is 10.9 Å². The van der Waals surface area contributed by atoms with Gasteiger partial charge in [-0.1, -0.05) is 30.4 Å². The number of aromatic hydroxyl groups is 1. The lowest BCUT2D eigenvalue weighted by Gasteiger charge is -2.02. The first-order valence-electron chi connectivity index (χ1n) is 5.12. The molecule has 0 aliphatic heterocycles. The van der Waals surface area contributed by atoms with E-state index in [0.717, 1.165) is 5.39 Å². The van der Waals surface area contributed by atoms with Crippen LogP contribution in [0.1, 0.15) is 5.56 Å². The second-order valence-corrected chi connectivity index (χ2v) is 4.07. The van der Waals surface area contributed by atoms with Crippen LogP contribution in [0.2, 0.25) is 0 Å². The second-order valence-electron chi connectivity index (χ2n) is 3.63. The molecule has 0 aliphatic carbocycles. The van der Waals surface area contributed by atoms with Crippen LogP contribution in [0.15, 0.2) is 35.9 Å². The molecule has 3 N–H and O–H groups in total. The van der Waals surface area contributed by atoms with Crippen molar-refractivity contribution in [1.82, 2.24) is 4.98 Å². The Morgan fingerprint density at radius 3 is 2.83 bits per heavy atom. The molecule has 0 unspecified atom stereocenters. The van der Waals surface area contributed by atoms with E-state index in [-0.39, 0.29) is 16.4 Å². The molecule has 2 aromatic rings. The Labute approximate surface area is 109 Å². The van der Waals surface area contributed by atoms with Gasteiger partial charge in [0.15, 0.2) is 0 Å². The summed E-state index contributed by atoms with van der Waals surface area (Å²) in [4.78, 5) is 4.03. The lowest BCUT2D eigenvalue weighted by molar-refractivity contribution is 0.454. The minimum absolute atomic E-state index is 0.00920. The number of nitriles is 1. The van der Waals surface area contributed by atoms with Crippen LogP contribution in [0.3, 0.4) is 0 Å². The van der Waals surface area contributed by atoms with E-state index in [1.54, 1.807) is 12.1 Å². The van der Waals surface area contributed by atoms with Crippen LogP contribution in [0.25, 0.3) is 17.0 Å². The summed E-state index contributed by atoms with van der Waals surface area (Å²) in [7, 11) is 0. The van der Waals surface area contributed by atoms with Crippen molar-refractivity contribution in [1.29, 1.82) is 5.26 Å². The van der Waals surface area contributed by atoms with Crippen molar-refractivity contribution < 1.29 is 5.11 Å². The van der Waals surface area contributed by atoms with E-state index in [0.29, 0.717) is 11.1 Å². The predicted octanol–water partition coefficient (Wildman–Crippen LogP) is 2.13. The monoisotopic (exact) mass is 255 g/mol. The van der Waals surface area contributed by atoms with Crippen molar-refractivity contribution >= 4 is 34.2 Å². The molecule has 1 aromatic carbocycles. The van der Waals surface area contributed by atoms with E-state index in [2.05, 4.69) is 4.98 Å². The molecular weight excluding hydrogens is 246 g/mol. The quantitative estimate of drug-likeness (QED) is 0.488. The standard InChI is InChI=1S/C13H9N3OS/c14-7-10(12(15)18)6-9-5-8-3-1-2-4-11(8)16-13(9)17/h1-6H,(H2,15,18)(H,16,17)/b10-6-. The number of hydrogen-bond acceptors (Lipinski definition) is 4. The number of benzene rings is 1. The Morgan fingerprint density at radius 1 is 1.44 bits per heavy atom. The number of aromatic nitrogens is 1. The first-order valence-corrected chi connectivity index (χ1v) is 5.53. The maximum absolute atomic E-state index is 9.79. The molecule has 0 spiro atoms. The Morgan fingerprint density at radius 2 is 2.17 bits per heavy atom. The van der Waals surface area contributed by atoms with Crippen molar-refractivity contribution in [2.45, 2.75) is 0 Å². The topological polar surface area (TPSA) is 82.9 Å². The summed E-state index contributed by atoms with van der Waals surface area (Å²) in [5.74, 6) is -0.155. The predicted molar refractivity (Wildman–Crippen MR) is 73.8 cm³/mol. The molecule has 18 heavy (non-hydrogen) atoms. The van der Waals surface area contributed by atoms with Gasteiger partial charge in [-0.25, -0.2) is 4.98 Å². The molecule has 1 heterocycles. The molecule has 0 saturated carbocycles. The maximum atomic E-state index is 9.79. The number of thiocarbonyl (C=S) groups is 1. The number of fused-ring (bicyclic) bond motifs is 1. The SMILES string of the molecule is N#C/C(=C/c1cc2ccccc2nc1O)C(N)=S. The van der Waals surface area contributed by atoms with E-state index in [4.69, 9.17) is 23.2 Å². The molecule has 5 heteroatoms. The average Bonchev–Trinajstić information content (AvgIpc) is 2.35. The minimum atomic E-state index is -0.155. The van der Waals surface area contributed by atoms with Gasteiger partial charge in [-0.3, -0.25) is 0 Å². The molecule has 0 saturated heterocycles. The van der Waals surface area contributed by atoms with Gasteiger partial charge in [-0.05, 0) is 18.2 Å². The number of pyridine rings is 1. The fraction of sp³-hybridized carbons (Fsp3) is 0. The van der Waals surface area contributed by atoms with Crippen LogP contribution in [0.4, 0.5) is 0 Å². The van der Waals surface area contributed by atoms with Crippen LogP contribution in [-0.2, 0) is 0 Å². The zero-order valence-electron chi connectivity index (χ0n) is 9.29. The largest absolute Gasteiger partial charge is 0.493 e. The fourth-order valence-corrected chi connectivity index (χ4v) is 1.65. The molecule has 0 amide bonds. The zero-order valence-corrected chi connectivity index (χ0v) is 10.1. The van der Waals surface area contributed by atoms with Crippen molar-refractivity contribution in [3.63, 3.8) is 0 Å². The highest BCUT2D eigenvalue weighted by Gasteiger charge is 2.06. The average molecular weight is 255 g/mol. The Hall–Kier alpha value is -2.45. The molecule has 0 fully saturated rings. The van der Waals surface area contributed by atoms with Crippen molar-refractivity contribution in [2.75, 3.05) is 0 Å². The summed E-state index contributed by atoms with van der Waals surface area (Å²) >= 11 is 4.74. The van der Waals surface area contributed by atoms with E-state index >= 15 is 0 Å². The van der Waals surface area contributed by atoms with Gasteiger partial charge in [0.05, 0.1) is 11.1 Å². The first kappa shape index (κ1) is 12.0. The molecule has 0 aliphatic rings. The summed E-state index contributed by atoms with van der Waals surface area (Å²) in [5.41, 5.74) is 6.63. The van der Waals surface area contributed by atoms with E-state index in [9.17, 15) is 5.11 Å². The summed E-state index contributed by atoms with van der Waals surface area (Å²) in [5, 5.41) is 19.5. The summed E-state index contributed by atoms with van der Waals surface area (Å²) in [6.45, 7) is 0. The molecule has 2 rings (SSSR count). The Kier molecular flexibility index (Phi) is 3.22. The van der Waals surface area contributed by atoms with Crippen LogP contribution in [-0.4, -0.2) is 15.1 Å². The number of rotatable bonds is 2. The molecule has 0 radical (unpaired) electrons. The number of para-hydroxylation sites is 1. The molecule has 88 valence electrons. The maximum Gasteiger partial charge on any atom is 0.218 e. The molecule has 4 nitrogen and oxygen atoms in total. The third-order valence-corrected chi connectivity index (χ3v) is 2.64. The third-order valence-electron chi connectivity index (χ3n) is 2.42. The first-order chi connectivity index (χ1) is 8.61. The van der Waals surface area contributed by atoms with E-state index < -0.39 is 0 Å². The van der Waals surface area contributed by atoms with Crippen LogP contribution in [0, 0.1) is 11.3 Å². The lowest BCUT2D eigenvalue weighted by atomic mass is 10.1.